The van der Waals surface area contributed by atoms with E-state index in [4.69, 9.17) is 4.74 Å². The van der Waals surface area contributed by atoms with Gasteiger partial charge in [0.2, 0.25) is 0 Å². The Hall–Kier alpha value is -2.82. The minimum atomic E-state index is -0.383. The Morgan fingerprint density at radius 1 is 1.23 bits per heavy atom. The van der Waals surface area contributed by atoms with Gasteiger partial charge in [-0.3, -0.25) is 0 Å². The van der Waals surface area contributed by atoms with Crippen LogP contribution in [0.5, 0.6) is 5.75 Å². The first-order chi connectivity index (χ1) is 10.7. The van der Waals surface area contributed by atoms with Gasteiger partial charge in [-0.15, -0.1) is 0 Å². The predicted octanol–water partition coefficient (Wildman–Crippen LogP) is 3.55. The lowest BCUT2D eigenvalue weighted by molar-refractivity contribution is 0.252. The van der Waals surface area contributed by atoms with Crippen LogP contribution >= 0.6 is 0 Å². The number of carbonyl (C=O) groups excluding carboxylic acids is 1. The topological polar surface area (TPSA) is 62.7 Å². The Morgan fingerprint density at radius 3 is 2.82 bits per heavy atom. The number of aryl methyl sites for hydroxylation is 1. The molecule has 0 aliphatic rings. The Balaban J connectivity index is 1.90. The third kappa shape index (κ3) is 4.63. The number of amides is 2. The Morgan fingerprint density at radius 2 is 2.05 bits per heavy atom. The molecule has 0 fully saturated rings. The Kier molecular flexibility index (Phi) is 5.54. The molecule has 0 saturated carbocycles. The summed E-state index contributed by atoms with van der Waals surface area (Å²) in [6.07, 6.45) is 1.57. The lowest BCUT2D eigenvalue weighted by Crippen LogP contribution is -2.24. The molecule has 0 aliphatic heterocycles. The molecule has 0 aliphatic carbocycles. The second kappa shape index (κ2) is 7.83. The lowest BCUT2D eigenvalue weighted by Gasteiger charge is -2.06. The minimum Gasteiger partial charge on any atom is -0.494 e. The van der Waals surface area contributed by atoms with E-state index < -0.39 is 0 Å². The van der Waals surface area contributed by atoms with Gasteiger partial charge in [-0.2, -0.15) is 5.10 Å². The van der Waals surface area contributed by atoms with Gasteiger partial charge < -0.3 is 10.1 Å². The van der Waals surface area contributed by atoms with Gasteiger partial charge in [-0.1, -0.05) is 30.3 Å². The second-order valence-electron chi connectivity index (χ2n) is 4.64. The molecule has 2 aromatic carbocycles. The fourth-order valence-electron chi connectivity index (χ4n) is 1.88. The number of para-hydroxylation sites is 1. The van der Waals surface area contributed by atoms with E-state index in [1.807, 2.05) is 62.4 Å². The van der Waals surface area contributed by atoms with Crippen LogP contribution in [0.2, 0.25) is 0 Å². The molecular formula is C17H19N3O2. The first-order valence-electron chi connectivity index (χ1n) is 7.07. The molecule has 0 aromatic heterocycles. The molecule has 5 nitrogen and oxygen atoms in total. The average molecular weight is 297 g/mol. The number of hydrazone groups is 1. The molecule has 0 heterocycles. The number of hydrogen-bond donors (Lipinski definition) is 2. The van der Waals surface area contributed by atoms with Crippen molar-refractivity contribution in [1.82, 2.24) is 5.43 Å². The smallest absolute Gasteiger partial charge is 0.339 e. The molecule has 2 amide bonds. The largest absolute Gasteiger partial charge is 0.494 e. The predicted molar refractivity (Wildman–Crippen MR) is 88.5 cm³/mol. The molecular weight excluding hydrogens is 278 g/mol. The van der Waals surface area contributed by atoms with Crippen molar-refractivity contribution >= 4 is 17.9 Å². The van der Waals surface area contributed by atoms with Crippen LogP contribution in [0, 0.1) is 6.92 Å². The standard InChI is InChI=1S/C17H19N3O2/c1-3-22-15-9-6-8-14(11-15)12-18-20-17(21)19-16-10-5-4-7-13(16)2/h4-12H,3H2,1-2H3,(H2,19,20,21)/b18-12-. The minimum absolute atomic E-state index is 0.383. The number of urea groups is 1. The molecule has 0 atom stereocenters. The van der Waals surface area contributed by atoms with Gasteiger partial charge in [0.05, 0.1) is 12.8 Å². The van der Waals surface area contributed by atoms with E-state index in [9.17, 15) is 4.79 Å². The number of hydrogen-bond acceptors (Lipinski definition) is 3. The van der Waals surface area contributed by atoms with E-state index in [0.29, 0.717) is 6.61 Å². The third-order valence-corrected chi connectivity index (χ3v) is 2.94. The zero-order valence-corrected chi connectivity index (χ0v) is 12.7. The molecule has 114 valence electrons. The van der Waals surface area contributed by atoms with Crippen molar-refractivity contribution in [3.8, 4) is 5.75 Å². The van der Waals surface area contributed by atoms with Crippen LogP contribution in [0.1, 0.15) is 18.1 Å². The van der Waals surface area contributed by atoms with Crippen LogP contribution in [0.4, 0.5) is 10.5 Å². The van der Waals surface area contributed by atoms with Crippen molar-refractivity contribution in [2.24, 2.45) is 5.10 Å². The van der Waals surface area contributed by atoms with Crippen molar-refractivity contribution in [3.63, 3.8) is 0 Å². The van der Waals surface area contributed by atoms with Gasteiger partial charge in [-0.25, -0.2) is 10.2 Å². The molecule has 2 N–H and O–H groups in total. The van der Waals surface area contributed by atoms with Crippen LogP contribution < -0.4 is 15.5 Å². The first-order valence-corrected chi connectivity index (χ1v) is 7.07. The number of benzene rings is 2. The highest BCUT2D eigenvalue weighted by Crippen LogP contribution is 2.13. The fraction of sp³-hybridized carbons (Fsp3) is 0.176. The van der Waals surface area contributed by atoms with Gasteiger partial charge in [-0.05, 0) is 43.2 Å². The molecule has 0 bridgehead atoms. The Bertz CT molecular complexity index is 668. The summed E-state index contributed by atoms with van der Waals surface area (Å²) in [5.41, 5.74) is 5.04. The number of nitrogens with one attached hydrogen (secondary N) is 2. The van der Waals surface area contributed by atoms with Gasteiger partial charge in [0.25, 0.3) is 0 Å². The van der Waals surface area contributed by atoms with Crippen LogP contribution in [-0.4, -0.2) is 18.9 Å². The summed E-state index contributed by atoms with van der Waals surface area (Å²) in [7, 11) is 0. The molecule has 0 spiro atoms. The van der Waals surface area contributed by atoms with E-state index >= 15 is 0 Å². The molecule has 22 heavy (non-hydrogen) atoms. The molecule has 5 heteroatoms. The maximum absolute atomic E-state index is 11.8. The van der Waals surface area contributed by atoms with Crippen molar-refractivity contribution in [2.75, 3.05) is 11.9 Å². The zero-order valence-electron chi connectivity index (χ0n) is 12.7. The summed E-state index contributed by atoms with van der Waals surface area (Å²) in [5.74, 6) is 0.774. The van der Waals surface area contributed by atoms with Crippen LogP contribution in [0.15, 0.2) is 53.6 Å². The number of rotatable bonds is 5. The van der Waals surface area contributed by atoms with Gasteiger partial charge in [0.1, 0.15) is 5.75 Å². The molecule has 2 rings (SSSR count). The van der Waals surface area contributed by atoms with E-state index in [1.54, 1.807) is 6.21 Å². The van der Waals surface area contributed by atoms with E-state index in [1.165, 1.54) is 0 Å². The quantitative estimate of drug-likeness (QED) is 0.655. The SMILES string of the molecule is CCOc1cccc(/C=N\NC(=O)Nc2ccccc2C)c1. The van der Waals surface area contributed by atoms with Crippen LogP contribution in [0.25, 0.3) is 0 Å². The summed E-state index contributed by atoms with van der Waals surface area (Å²) in [4.78, 5) is 11.8. The first kappa shape index (κ1) is 15.6. The molecule has 0 unspecified atom stereocenters. The van der Waals surface area contributed by atoms with Crippen molar-refractivity contribution in [1.29, 1.82) is 0 Å². The maximum atomic E-state index is 11.8. The van der Waals surface area contributed by atoms with Crippen LogP contribution in [0.3, 0.4) is 0 Å². The number of nitrogens with zero attached hydrogens (tertiary/aromatic N) is 1. The highest BCUT2D eigenvalue weighted by atomic mass is 16.5. The Labute approximate surface area is 130 Å². The van der Waals surface area contributed by atoms with E-state index in [2.05, 4.69) is 15.8 Å². The van der Waals surface area contributed by atoms with Gasteiger partial charge in [0, 0.05) is 5.69 Å². The van der Waals surface area contributed by atoms with Crippen LogP contribution in [-0.2, 0) is 0 Å². The van der Waals surface area contributed by atoms with E-state index in [-0.39, 0.29) is 6.03 Å². The van der Waals surface area contributed by atoms with Crippen molar-refractivity contribution < 1.29 is 9.53 Å². The zero-order chi connectivity index (χ0) is 15.8. The molecule has 0 saturated heterocycles. The van der Waals surface area contributed by atoms with E-state index in [0.717, 1.165) is 22.6 Å². The molecule has 0 radical (unpaired) electrons. The van der Waals surface area contributed by atoms with Crippen molar-refractivity contribution in [3.05, 3.63) is 59.7 Å². The monoisotopic (exact) mass is 297 g/mol. The summed E-state index contributed by atoms with van der Waals surface area (Å²) < 4.78 is 5.40. The normalized spacial score (nSPS) is 10.5. The number of anilines is 1. The highest BCUT2D eigenvalue weighted by Gasteiger charge is 2.01. The summed E-state index contributed by atoms with van der Waals surface area (Å²) in [5, 5.41) is 6.67. The highest BCUT2D eigenvalue weighted by molar-refractivity contribution is 5.91. The number of carbonyl (C=O) groups is 1. The van der Waals surface area contributed by atoms with Gasteiger partial charge in [0.15, 0.2) is 0 Å². The lowest BCUT2D eigenvalue weighted by atomic mass is 10.2. The summed E-state index contributed by atoms with van der Waals surface area (Å²) in [6, 6.07) is 14.7. The summed E-state index contributed by atoms with van der Waals surface area (Å²) in [6.45, 7) is 4.47. The summed E-state index contributed by atoms with van der Waals surface area (Å²) >= 11 is 0. The molecule has 2 aromatic rings. The third-order valence-electron chi connectivity index (χ3n) is 2.94. The number of ether oxygens (including phenoxy) is 1. The fourth-order valence-corrected chi connectivity index (χ4v) is 1.88. The average Bonchev–Trinajstić information content (AvgIpc) is 2.50. The maximum Gasteiger partial charge on any atom is 0.339 e. The van der Waals surface area contributed by atoms with Gasteiger partial charge >= 0.3 is 6.03 Å². The van der Waals surface area contributed by atoms with Crippen molar-refractivity contribution in [2.45, 2.75) is 13.8 Å². The second-order valence-corrected chi connectivity index (χ2v) is 4.64.